The van der Waals surface area contributed by atoms with Gasteiger partial charge in [-0.1, -0.05) is 50.2 Å². The number of anilines is 1. The standard InChI is InChI=1S/C24H26N4O3S/c1-4-6-15-30-18-13-11-17(12-14-18)23-28(16(3)29)20-10-8-7-9-19(20)21-22(31-23)25-24(27-26-21)32-5-2/h7-14,23H,4-6,15H2,1-3H3/t23-/m0/s1. The predicted molar refractivity (Wildman–Crippen MR) is 125 cm³/mol. The highest BCUT2D eigenvalue weighted by atomic mass is 32.2. The van der Waals surface area contributed by atoms with E-state index in [1.807, 2.05) is 55.5 Å². The highest BCUT2D eigenvalue weighted by Crippen LogP contribution is 2.43. The van der Waals surface area contributed by atoms with Crippen LogP contribution in [-0.2, 0) is 4.79 Å². The molecule has 0 spiro atoms. The van der Waals surface area contributed by atoms with Gasteiger partial charge in [0.05, 0.1) is 12.3 Å². The molecule has 166 valence electrons. The second-order valence-corrected chi connectivity index (χ2v) is 8.56. The van der Waals surface area contributed by atoms with Gasteiger partial charge in [0, 0.05) is 18.1 Å². The van der Waals surface area contributed by atoms with E-state index in [1.54, 1.807) is 4.90 Å². The molecule has 2 aromatic carbocycles. The number of ether oxygens (including phenoxy) is 2. The van der Waals surface area contributed by atoms with Gasteiger partial charge in [0.15, 0.2) is 5.69 Å². The number of aromatic nitrogens is 3. The lowest BCUT2D eigenvalue weighted by molar-refractivity contribution is -0.118. The summed E-state index contributed by atoms with van der Waals surface area (Å²) in [4.78, 5) is 19.1. The lowest BCUT2D eigenvalue weighted by Crippen LogP contribution is -2.36. The highest BCUT2D eigenvalue weighted by molar-refractivity contribution is 7.99. The number of hydrogen-bond donors (Lipinski definition) is 0. The van der Waals surface area contributed by atoms with Gasteiger partial charge in [-0.15, -0.1) is 10.2 Å². The van der Waals surface area contributed by atoms with Gasteiger partial charge in [-0.3, -0.25) is 9.69 Å². The number of thioether (sulfide) groups is 1. The molecule has 8 heteroatoms. The number of hydrogen-bond acceptors (Lipinski definition) is 7. The molecule has 2 heterocycles. The van der Waals surface area contributed by atoms with Crippen molar-refractivity contribution < 1.29 is 14.3 Å². The Labute approximate surface area is 192 Å². The molecule has 0 N–H and O–H groups in total. The molecule has 0 saturated heterocycles. The number of amides is 1. The van der Waals surface area contributed by atoms with Crippen LogP contribution in [0.2, 0.25) is 0 Å². The molecule has 1 aliphatic heterocycles. The molecule has 0 unspecified atom stereocenters. The minimum Gasteiger partial charge on any atom is -0.494 e. The van der Waals surface area contributed by atoms with E-state index in [0.29, 0.717) is 29.0 Å². The van der Waals surface area contributed by atoms with Crippen LogP contribution >= 0.6 is 11.8 Å². The van der Waals surface area contributed by atoms with Gasteiger partial charge in [-0.05, 0) is 42.5 Å². The number of para-hydroxylation sites is 1. The first-order valence-electron chi connectivity index (χ1n) is 10.8. The largest absolute Gasteiger partial charge is 0.494 e. The Kier molecular flexibility index (Phi) is 6.90. The summed E-state index contributed by atoms with van der Waals surface area (Å²) in [5.74, 6) is 1.83. The summed E-state index contributed by atoms with van der Waals surface area (Å²) in [6, 6.07) is 15.2. The van der Waals surface area contributed by atoms with Crippen molar-refractivity contribution in [3.63, 3.8) is 0 Å². The average molecular weight is 451 g/mol. The third kappa shape index (κ3) is 4.55. The van der Waals surface area contributed by atoms with Crippen molar-refractivity contribution in [3.8, 4) is 22.9 Å². The third-order valence-electron chi connectivity index (χ3n) is 5.06. The topological polar surface area (TPSA) is 77.4 Å². The Morgan fingerprint density at radius 1 is 1.12 bits per heavy atom. The van der Waals surface area contributed by atoms with Crippen molar-refractivity contribution in [2.75, 3.05) is 17.3 Å². The van der Waals surface area contributed by atoms with Gasteiger partial charge in [-0.25, -0.2) is 0 Å². The summed E-state index contributed by atoms with van der Waals surface area (Å²) in [6.45, 7) is 6.37. The molecule has 7 nitrogen and oxygen atoms in total. The zero-order valence-corrected chi connectivity index (χ0v) is 19.3. The molecule has 1 aliphatic rings. The van der Waals surface area contributed by atoms with Crippen molar-refractivity contribution in [1.29, 1.82) is 0 Å². The average Bonchev–Trinajstić information content (AvgIpc) is 2.94. The van der Waals surface area contributed by atoms with Crippen molar-refractivity contribution in [2.24, 2.45) is 0 Å². The quantitative estimate of drug-likeness (QED) is 0.358. The number of benzene rings is 2. The van der Waals surface area contributed by atoms with Gasteiger partial charge in [0.25, 0.3) is 0 Å². The monoisotopic (exact) mass is 450 g/mol. The summed E-state index contributed by atoms with van der Waals surface area (Å²) in [5, 5.41) is 9.18. The van der Waals surface area contributed by atoms with Crippen LogP contribution in [0.5, 0.6) is 11.6 Å². The molecule has 1 aromatic heterocycles. The highest BCUT2D eigenvalue weighted by Gasteiger charge is 2.34. The molecule has 1 atom stereocenters. The van der Waals surface area contributed by atoms with Crippen LogP contribution in [-0.4, -0.2) is 33.4 Å². The Morgan fingerprint density at radius 2 is 1.91 bits per heavy atom. The molecule has 0 aliphatic carbocycles. The predicted octanol–water partition coefficient (Wildman–Crippen LogP) is 5.27. The summed E-state index contributed by atoms with van der Waals surface area (Å²) in [5.41, 5.74) is 2.80. The second-order valence-electron chi connectivity index (χ2n) is 7.33. The number of rotatable bonds is 7. The van der Waals surface area contributed by atoms with Crippen molar-refractivity contribution in [1.82, 2.24) is 15.2 Å². The first-order chi connectivity index (χ1) is 15.6. The van der Waals surface area contributed by atoms with Crippen LogP contribution in [0.25, 0.3) is 11.3 Å². The summed E-state index contributed by atoms with van der Waals surface area (Å²) in [7, 11) is 0. The van der Waals surface area contributed by atoms with Crippen molar-refractivity contribution in [3.05, 3.63) is 54.1 Å². The molecule has 0 bridgehead atoms. The molecule has 0 radical (unpaired) electrons. The number of carbonyl (C=O) groups is 1. The second kappa shape index (κ2) is 9.99. The van der Waals surface area contributed by atoms with E-state index < -0.39 is 6.23 Å². The Morgan fingerprint density at radius 3 is 2.62 bits per heavy atom. The maximum atomic E-state index is 12.8. The first kappa shape index (κ1) is 22.1. The Bertz CT molecular complexity index is 1090. The summed E-state index contributed by atoms with van der Waals surface area (Å²) < 4.78 is 12.2. The van der Waals surface area contributed by atoms with Gasteiger partial charge < -0.3 is 9.47 Å². The van der Waals surface area contributed by atoms with E-state index in [4.69, 9.17) is 9.47 Å². The van der Waals surface area contributed by atoms with Crippen LogP contribution in [0.15, 0.2) is 53.7 Å². The molecule has 3 aromatic rings. The Hall–Kier alpha value is -3.13. The molecule has 32 heavy (non-hydrogen) atoms. The van der Waals surface area contributed by atoms with E-state index in [-0.39, 0.29) is 5.91 Å². The van der Waals surface area contributed by atoms with Crippen LogP contribution in [0.3, 0.4) is 0 Å². The van der Waals surface area contributed by atoms with E-state index in [0.717, 1.165) is 35.5 Å². The molecule has 4 rings (SSSR count). The van der Waals surface area contributed by atoms with Gasteiger partial charge >= 0.3 is 0 Å². The maximum absolute atomic E-state index is 12.8. The number of carbonyl (C=O) groups excluding carboxylic acids is 1. The fourth-order valence-electron chi connectivity index (χ4n) is 3.52. The minimum atomic E-state index is -0.698. The Balaban J connectivity index is 1.78. The van der Waals surface area contributed by atoms with Crippen molar-refractivity contribution >= 4 is 23.4 Å². The first-order valence-corrected chi connectivity index (χ1v) is 11.8. The number of nitrogens with zero attached hydrogens (tertiary/aromatic N) is 4. The van der Waals surface area contributed by atoms with Gasteiger partial charge in [0.2, 0.25) is 23.2 Å². The molecular weight excluding hydrogens is 424 g/mol. The SMILES string of the molecule is CCCCOc1ccc([C@@H]2Oc3nc(SCC)nnc3-c3ccccc3N2C(C)=O)cc1. The van der Waals surface area contributed by atoms with Gasteiger partial charge in [-0.2, -0.15) is 4.98 Å². The van der Waals surface area contributed by atoms with E-state index in [9.17, 15) is 4.79 Å². The van der Waals surface area contributed by atoms with Crippen LogP contribution in [0, 0.1) is 0 Å². The molecule has 1 amide bonds. The summed E-state index contributed by atoms with van der Waals surface area (Å²) >= 11 is 1.49. The van der Waals surface area contributed by atoms with Crippen LogP contribution in [0.4, 0.5) is 5.69 Å². The number of unbranched alkanes of at least 4 members (excludes halogenated alkanes) is 1. The third-order valence-corrected chi connectivity index (χ3v) is 5.78. The zero-order valence-electron chi connectivity index (χ0n) is 18.4. The molecule has 0 fully saturated rings. The smallest absolute Gasteiger partial charge is 0.247 e. The van der Waals surface area contributed by atoms with E-state index in [1.165, 1.54) is 18.7 Å². The van der Waals surface area contributed by atoms with E-state index in [2.05, 4.69) is 22.1 Å². The van der Waals surface area contributed by atoms with E-state index >= 15 is 0 Å². The lowest BCUT2D eigenvalue weighted by Gasteiger charge is -2.30. The van der Waals surface area contributed by atoms with Gasteiger partial charge in [0.1, 0.15) is 5.75 Å². The normalized spacial score (nSPS) is 14.7. The lowest BCUT2D eigenvalue weighted by atomic mass is 10.1. The fraction of sp³-hybridized carbons (Fsp3) is 0.333. The molecule has 0 saturated carbocycles. The molecular formula is C24H26N4O3S. The minimum absolute atomic E-state index is 0.144. The zero-order chi connectivity index (χ0) is 22.5. The maximum Gasteiger partial charge on any atom is 0.247 e. The van der Waals surface area contributed by atoms with Crippen molar-refractivity contribution in [2.45, 2.75) is 45.0 Å². The van der Waals surface area contributed by atoms with Crippen LogP contribution < -0.4 is 14.4 Å². The fourth-order valence-corrected chi connectivity index (χ4v) is 4.03. The summed E-state index contributed by atoms with van der Waals surface area (Å²) in [6.07, 6.45) is 1.38. The number of fused-ring (bicyclic) bond motifs is 3. The van der Waals surface area contributed by atoms with Crippen LogP contribution in [0.1, 0.15) is 45.4 Å².